The minimum atomic E-state index is -0.233. The molecule has 1 aliphatic rings. The number of benzene rings is 2. The van der Waals surface area contributed by atoms with Gasteiger partial charge in [0.05, 0.1) is 17.2 Å². The van der Waals surface area contributed by atoms with Gasteiger partial charge in [0.15, 0.2) is 5.78 Å². The van der Waals surface area contributed by atoms with Crippen LogP contribution in [0.4, 0.5) is 0 Å². The first-order chi connectivity index (χ1) is 10.5. The van der Waals surface area contributed by atoms with Crippen molar-refractivity contribution in [2.24, 2.45) is 10.9 Å². The van der Waals surface area contributed by atoms with Gasteiger partial charge in [0.25, 0.3) is 0 Å². The van der Waals surface area contributed by atoms with Gasteiger partial charge in [-0.3, -0.25) is 9.79 Å². The maximum atomic E-state index is 12.8. The van der Waals surface area contributed by atoms with Gasteiger partial charge in [-0.1, -0.05) is 54.6 Å². The van der Waals surface area contributed by atoms with Crippen molar-refractivity contribution in [3.8, 4) is 0 Å². The second kappa shape index (κ2) is 5.53. The zero-order chi connectivity index (χ0) is 15.7. The molecule has 112 valence electrons. The number of carbonyl (C=O) groups excluding carboxylic acids is 1. The van der Waals surface area contributed by atoms with Gasteiger partial charge in [0.2, 0.25) is 0 Å². The van der Waals surface area contributed by atoms with Crippen LogP contribution in [0.25, 0.3) is 0 Å². The van der Waals surface area contributed by atoms with Crippen LogP contribution in [0.1, 0.15) is 42.3 Å². The smallest absolute Gasteiger partial charge is 0.171 e. The van der Waals surface area contributed by atoms with E-state index in [4.69, 9.17) is 4.99 Å². The molecule has 2 heteroatoms. The molecule has 3 rings (SSSR count). The summed E-state index contributed by atoms with van der Waals surface area (Å²) in [6.07, 6.45) is 0.916. The Bertz CT molecular complexity index is 728. The van der Waals surface area contributed by atoms with E-state index in [1.165, 1.54) is 5.56 Å². The summed E-state index contributed by atoms with van der Waals surface area (Å²) in [6.45, 7) is 6.22. The number of ketones is 1. The Morgan fingerprint density at radius 2 is 1.68 bits per heavy atom. The molecule has 1 heterocycles. The zero-order valence-electron chi connectivity index (χ0n) is 13.3. The summed E-state index contributed by atoms with van der Waals surface area (Å²) in [5, 5.41) is 0. The first-order valence-corrected chi connectivity index (χ1v) is 7.75. The quantitative estimate of drug-likeness (QED) is 0.774. The van der Waals surface area contributed by atoms with Crippen LogP contribution in [0.2, 0.25) is 0 Å². The predicted octanol–water partition coefficient (Wildman–Crippen LogP) is 4.33. The molecule has 2 nitrogen and oxygen atoms in total. The molecule has 1 atom stereocenters. The number of hydrogen-bond donors (Lipinski definition) is 0. The fourth-order valence-corrected chi connectivity index (χ4v) is 3.12. The average molecular weight is 291 g/mol. The standard InChI is InChI=1S/C20H21NO/c1-14(19(22)15-9-5-4-6-10-15)18-17-12-8-7-11-16(17)13-20(2,3)21-18/h4-12,14H,13H2,1-3H3. The van der Waals surface area contributed by atoms with E-state index in [0.29, 0.717) is 0 Å². The number of hydrogen-bond acceptors (Lipinski definition) is 2. The molecule has 0 aliphatic carbocycles. The van der Waals surface area contributed by atoms with Crippen molar-refractivity contribution in [2.75, 3.05) is 0 Å². The van der Waals surface area contributed by atoms with Gasteiger partial charge >= 0.3 is 0 Å². The van der Waals surface area contributed by atoms with E-state index >= 15 is 0 Å². The lowest BCUT2D eigenvalue weighted by Gasteiger charge is -2.31. The zero-order valence-corrected chi connectivity index (χ0v) is 13.3. The summed E-state index contributed by atoms with van der Waals surface area (Å²) in [7, 11) is 0. The number of nitrogens with zero attached hydrogens (tertiary/aromatic N) is 1. The van der Waals surface area contributed by atoms with E-state index in [-0.39, 0.29) is 17.2 Å². The number of Topliss-reactive ketones (excluding diaryl/α,β-unsaturated/α-hetero) is 1. The SMILES string of the molecule is CC(C(=O)c1ccccc1)C1=NC(C)(C)Cc2ccccc21. The highest BCUT2D eigenvalue weighted by Crippen LogP contribution is 2.30. The molecule has 0 spiro atoms. The molecule has 0 radical (unpaired) electrons. The second-order valence-electron chi connectivity index (χ2n) is 6.60. The van der Waals surface area contributed by atoms with Crippen LogP contribution >= 0.6 is 0 Å². The Kier molecular flexibility index (Phi) is 3.69. The van der Waals surface area contributed by atoms with E-state index in [9.17, 15) is 4.79 Å². The minimum absolute atomic E-state index is 0.131. The fraction of sp³-hybridized carbons (Fsp3) is 0.300. The summed E-state index contributed by atoms with van der Waals surface area (Å²) >= 11 is 0. The Labute approximate surface area is 131 Å². The molecule has 0 saturated heterocycles. The number of rotatable bonds is 3. The number of fused-ring (bicyclic) bond motifs is 1. The third-order valence-corrected chi connectivity index (χ3v) is 4.20. The van der Waals surface area contributed by atoms with E-state index in [1.54, 1.807) is 0 Å². The molecule has 22 heavy (non-hydrogen) atoms. The van der Waals surface area contributed by atoms with Crippen LogP contribution < -0.4 is 0 Å². The molecule has 1 unspecified atom stereocenters. The molecule has 0 aromatic heterocycles. The summed E-state index contributed by atoms with van der Waals surface area (Å²) < 4.78 is 0. The normalized spacial score (nSPS) is 17.3. The molecule has 0 amide bonds. The minimum Gasteiger partial charge on any atom is -0.293 e. The topological polar surface area (TPSA) is 29.4 Å². The van der Waals surface area contributed by atoms with Gasteiger partial charge in [-0.15, -0.1) is 0 Å². The number of aliphatic imine (C=N–C) groups is 1. The first-order valence-electron chi connectivity index (χ1n) is 7.75. The summed E-state index contributed by atoms with van der Waals surface area (Å²) in [5.41, 5.74) is 3.91. The number of carbonyl (C=O) groups is 1. The van der Waals surface area contributed by atoms with E-state index in [0.717, 1.165) is 23.3 Å². The monoisotopic (exact) mass is 291 g/mol. The van der Waals surface area contributed by atoms with Gasteiger partial charge in [-0.05, 0) is 38.3 Å². The van der Waals surface area contributed by atoms with Crippen LogP contribution in [0.5, 0.6) is 0 Å². The molecule has 0 N–H and O–H groups in total. The molecule has 0 bridgehead atoms. The molecular formula is C20H21NO. The van der Waals surface area contributed by atoms with E-state index < -0.39 is 0 Å². The lowest BCUT2D eigenvalue weighted by Crippen LogP contribution is -2.34. The van der Waals surface area contributed by atoms with Crippen molar-refractivity contribution >= 4 is 11.5 Å². The van der Waals surface area contributed by atoms with Crippen LogP contribution in [0.15, 0.2) is 59.6 Å². The maximum absolute atomic E-state index is 12.8. The van der Waals surface area contributed by atoms with Crippen molar-refractivity contribution < 1.29 is 4.79 Å². The Morgan fingerprint density at radius 1 is 1.05 bits per heavy atom. The van der Waals surface area contributed by atoms with Gasteiger partial charge in [-0.25, -0.2) is 0 Å². The highest BCUT2D eigenvalue weighted by atomic mass is 16.1. The van der Waals surface area contributed by atoms with Gasteiger partial charge in [0.1, 0.15) is 0 Å². The largest absolute Gasteiger partial charge is 0.293 e. The Hall–Kier alpha value is -2.22. The van der Waals surface area contributed by atoms with Gasteiger partial charge in [0, 0.05) is 5.56 Å². The molecular weight excluding hydrogens is 270 g/mol. The molecule has 1 aliphatic heterocycles. The van der Waals surface area contributed by atoms with E-state index in [1.807, 2.05) is 43.3 Å². The lowest BCUT2D eigenvalue weighted by atomic mass is 9.81. The maximum Gasteiger partial charge on any atom is 0.171 e. The Morgan fingerprint density at radius 3 is 2.41 bits per heavy atom. The van der Waals surface area contributed by atoms with Crippen LogP contribution in [-0.2, 0) is 6.42 Å². The highest BCUT2D eigenvalue weighted by Gasteiger charge is 2.31. The van der Waals surface area contributed by atoms with Crippen LogP contribution in [-0.4, -0.2) is 17.0 Å². The van der Waals surface area contributed by atoms with Gasteiger partial charge in [-0.2, -0.15) is 0 Å². The average Bonchev–Trinajstić information content (AvgIpc) is 2.52. The van der Waals surface area contributed by atoms with Gasteiger partial charge < -0.3 is 0 Å². The van der Waals surface area contributed by atoms with Crippen molar-refractivity contribution in [3.05, 3.63) is 71.3 Å². The fourth-order valence-electron chi connectivity index (χ4n) is 3.12. The third kappa shape index (κ3) is 2.74. The Balaban J connectivity index is 2.02. The first kappa shape index (κ1) is 14.7. The van der Waals surface area contributed by atoms with Crippen LogP contribution in [0.3, 0.4) is 0 Å². The lowest BCUT2D eigenvalue weighted by molar-refractivity contribution is 0.0961. The molecule has 2 aromatic rings. The van der Waals surface area contributed by atoms with Crippen LogP contribution in [0, 0.1) is 5.92 Å². The molecule has 0 saturated carbocycles. The summed E-state index contributed by atoms with van der Waals surface area (Å²) in [6, 6.07) is 17.8. The molecule has 0 fully saturated rings. The molecule has 2 aromatic carbocycles. The van der Waals surface area contributed by atoms with Crippen molar-refractivity contribution in [1.82, 2.24) is 0 Å². The summed E-state index contributed by atoms with van der Waals surface area (Å²) in [5.74, 6) is -0.102. The predicted molar refractivity (Wildman–Crippen MR) is 90.7 cm³/mol. The summed E-state index contributed by atoms with van der Waals surface area (Å²) in [4.78, 5) is 17.7. The van der Waals surface area contributed by atoms with Crippen molar-refractivity contribution in [1.29, 1.82) is 0 Å². The van der Waals surface area contributed by atoms with E-state index in [2.05, 4.69) is 32.0 Å². The third-order valence-electron chi connectivity index (χ3n) is 4.20. The second-order valence-corrected chi connectivity index (χ2v) is 6.60. The highest BCUT2D eigenvalue weighted by molar-refractivity contribution is 6.18. The van der Waals surface area contributed by atoms with Crippen molar-refractivity contribution in [2.45, 2.75) is 32.7 Å². The van der Waals surface area contributed by atoms with Crippen molar-refractivity contribution in [3.63, 3.8) is 0 Å².